The molecule has 0 radical (unpaired) electrons. The first-order chi connectivity index (χ1) is 31.3. The van der Waals surface area contributed by atoms with Gasteiger partial charge in [-0.15, -0.1) is 0 Å². The van der Waals surface area contributed by atoms with Crippen molar-refractivity contribution in [3.8, 4) is 11.5 Å². The van der Waals surface area contributed by atoms with E-state index in [0.29, 0.717) is 42.7 Å². The smallest absolute Gasteiger partial charge is 1.00 e. The Labute approximate surface area is 400 Å². The summed E-state index contributed by atoms with van der Waals surface area (Å²) in [5.74, 6) is -3.08. The van der Waals surface area contributed by atoms with Gasteiger partial charge in [-0.25, -0.2) is 22.6 Å². The van der Waals surface area contributed by atoms with Gasteiger partial charge in [0.05, 0.1) is 22.7 Å². The Morgan fingerprint density at radius 2 is 1.06 bits per heavy atom. The monoisotopic (exact) mass is 999 g/mol. The second-order valence-corrected chi connectivity index (χ2v) is 14.9. The number of phenolic OH excluding ortho intramolecular Hbond substituents is 1. The van der Waals surface area contributed by atoms with Crippen molar-refractivity contribution in [3.05, 3.63) is 131 Å². The molecule has 4 aromatic rings. The van der Waals surface area contributed by atoms with Gasteiger partial charge in [-0.05, 0) is 97.5 Å². The van der Waals surface area contributed by atoms with E-state index < -0.39 is 82.1 Å². The van der Waals surface area contributed by atoms with Gasteiger partial charge < -0.3 is 20.7 Å². The van der Waals surface area contributed by atoms with Gasteiger partial charge in [0.15, 0.2) is 0 Å². The summed E-state index contributed by atoms with van der Waals surface area (Å²) >= 11 is 0. The molecule has 25 heteroatoms. The molecule has 2 unspecified atom stereocenters. The van der Waals surface area contributed by atoms with Gasteiger partial charge in [0.25, 0.3) is 0 Å². The van der Waals surface area contributed by atoms with Crippen molar-refractivity contribution < 1.29 is 127 Å². The van der Waals surface area contributed by atoms with Gasteiger partial charge in [0.2, 0.25) is 12.2 Å². The Kier molecular flexibility index (Phi) is 21.2. The molecule has 4 aromatic carbocycles. The predicted molar refractivity (Wildman–Crippen MR) is 213 cm³/mol. The van der Waals surface area contributed by atoms with Crippen LogP contribution >= 0.6 is 0 Å². The number of hydrogen-bond donors (Lipinski definition) is 1. The van der Waals surface area contributed by atoms with Crippen LogP contribution < -0.4 is 34.3 Å². The summed E-state index contributed by atoms with van der Waals surface area (Å²) in [6, 6.07) is 19.2. The van der Waals surface area contributed by atoms with Gasteiger partial charge in [0, 0.05) is 22.6 Å². The molecular weight excluding hydrogens is 960 g/mol. The quantitative estimate of drug-likeness (QED) is 0.0575. The summed E-state index contributed by atoms with van der Waals surface area (Å²) in [6.07, 6.45) is -13.8. The topological polar surface area (TPSA) is 150 Å². The van der Waals surface area contributed by atoms with E-state index in [4.69, 9.17) is 11.2 Å². The Morgan fingerprint density at radius 1 is 0.687 bits per heavy atom. The molecule has 0 amide bonds. The third-order valence-electron chi connectivity index (χ3n) is 9.00. The molecule has 1 N–H and O–H groups in total. The maximum atomic E-state index is 13.8. The fourth-order valence-corrected chi connectivity index (χ4v) is 6.47. The van der Waals surface area contributed by atoms with Crippen LogP contribution in [0.4, 0.5) is 52.7 Å². The van der Waals surface area contributed by atoms with Crippen molar-refractivity contribution >= 4 is 33.5 Å². The van der Waals surface area contributed by atoms with Crippen LogP contribution in [0.5, 0.6) is 11.5 Å². The molecule has 2 aliphatic heterocycles. The standard InChI is InChI=1S/C20H17F4NO3.C12H13NO3.C9H5F7O3S.CH3F.Na.H/c1-27-19(26)17-11-10-16(25-17)12-6-8-13(9-7-12)28-18(20(22,23)24)14-4-2-3-5-15(14)21;1-16-12(15)11-7-6-10(13-11)8-2-4-9(14)5-3-8;10-6-4-2-1-3-5(6)7(8(11,12)13)19-20(17,18)9(14,15)16;1-2;;/h2-9,17-18H,10-11H2,1H3;2-5,11,14H,6-7H2,1H3;1-4,7H;1H3;;/q;;;;+1;-1/t17-,18?;11-;;;;/m00..../s1/i;;;1D;;. The number of benzene rings is 4. The summed E-state index contributed by atoms with van der Waals surface area (Å²) in [5.41, 5.74) is -4.81. The van der Waals surface area contributed by atoms with Crippen molar-refractivity contribution in [2.24, 2.45) is 9.98 Å². The maximum Gasteiger partial charge on any atom is 1.00 e. The van der Waals surface area contributed by atoms with Crippen LogP contribution in [0.1, 0.15) is 62.9 Å². The fourth-order valence-electron chi connectivity index (χ4n) is 5.89. The summed E-state index contributed by atoms with van der Waals surface area (Å²) in [6.45, 7) is 0. The first-order valence-electron chi connectivity index (χ1n) is 19.3. The number of hydrogen-bond acceptors (Lipinski definition) is 11. The van der Waals surface area contributed by atoms with Crippen LogP contribution in [-0.4, -0.2) is 88.2 Å². The van der Waals surface area contributed by atoms with Crippen molar-refractivity contribution in [3.63, 3.8) is 0 Å². The first kappa shape index (κ1) is 56.2. The molecule has 0 saturated heterocycles. The average molecular weight is 1000 g/mol. The molecule has 0 spiro atoms. The molecule has 0 aromatic heterocycles. The number of aliphatic imine (C=N–C) groups is 2. The van der Waals surface area contributed by atoms with Crippen molar-refractivity contribution in [1.29, 1.82) is 0 Å². The van der Waals surface area contributed by atoms with E-state index in [0.717, 1.165) is 42.0 Å². The number of rotatable bonds is 10. The molecule has 0 fully saturated rings. The molecule has 2 aliphatic rings. The minimum absolute atomic E-state index is 0. The van der Waals surface area contributed by atoms with Crippen LogP contribution in [0, 0.1) is 11.6 Å². The Balaban J connectivity index is 0.000000514. The number of halogens is 12. The van der Waals surface area contributed by atoms with E-state index in [1.54, 1.807) is 36.4 Å². The van der Waals surface area contributed by atoms with E-state index in [2.05, 4.69) is 23.6 Å². The second-order valence-electron chi connectivity index (χ2n) is 13.4. The van der Waals surface area contributed by atoms with Crippen LogP contribution in [0.2, 0.25) is 0 Å². The maximum absolute atomic E-state index is 13.8. The second kappa shape index (κ2) is 25.3. The number of phenols is 1. The molecule has 11 nitrogen and oxygen atoms in total. The van der Waals surface area contributed by atoms with Gasteiger partial charge >= 0.3 is 69.5 Å². The van der Waals surface area contributed by atoms with E-state index in [9.17, 15) is 70.7 Å². The molecule has 6 rings (SSSR count). The minimum atomic E-state index is -6.53. The van der Waals surface area contributed by atoms with Crippen molar-refractivity contribution in [2.75, 3.05) is 21.4 Å². The summed E-state index contributed by atoms with van der Waals surface area (Å²) in [4.78, 5) is 31.4. The molecule has 67 heavy (non-hydrogen) atoms. The minimum Gasteiger partial charge on any atom is -1.00 e. The van der Waals surface area contributed by atoms with Crippen LogP contribution in [0.15, 0.2) is 107 Å². The van der Waals surface area contributed by atoms with Crippen LogP contribution in [0.25, 0.3) is 0 Å². The first-order valence-corrected chi connectivity index (χ1v) is 20.0. The molecular formula is C42H39F12N2NaO9S. The predicted octanol–water partition coefficient (Wildman–Crippen LogP) is 7.15. The molecule has 2 heterocycles. The number of carbonyl (C=O) groups is 2. The summed E-state index contributed by atoms with van der Waals surface area (Å²) in [5, 5.41) is 9.16. The van der Waals surface area contributed by atoms with Crippen molar-refractivity contribution in [2.45, 2.75) is 67.8 Å². The van der Waals surface area contributed by atoms with Crippen LogP contribution in [-0.2, 0) is 33.4 Å². The normalized spacial score (nSPS) is 16.8. The van der Waals surface area contributed by atoms with Crippen LogP contribution in [0.3, 0.4) is 0 Å². The fraction of sp³-hybridized carbons (Fsp3) is 0.333. The number of methoxy groups -OCH3 is 2. The Morgan fingerprint density at radius 3 is 1.42 bits per heavy atom. The zero-order valence-electron chi connectivity index (χ0n) is 37.1. The Bertz CT molecular complexity index is 2450. The summed E-state index contributed by atoms with van der Waals surface area (Å²) < 4.78 is 195. The van der Waals surface area contributed by atoms with Crippen molar-refractivity contribution in [1.82, 2.24) is 0 Å². The largest absolute Gasteiger partial charge is 1.00 e. The van der Waals surface area contributed by atoms with Gasteiger partial charge in [-0.2, -0.15) is 47.9 Å². The molecule has 0 bridgehead atoms. The third-order valence-corrected chi connectivity index (χ3v) is 10.0. The number of nitrogens with zero attached hydrogens (tertiary/aromatic N) is 2. The number of ether oxygens (including phenoxy) is 3. The number of carbonyl (C=O) groups excluding carboxylic acids is 2. The number of esters is 2. The van der Waals surface area contributed by atoms with E-state index >= 15 is 0 Å². The average Bonchev–Trinajstić information content (AvgIpc) is 3.97. The molecule has 0 saturated carbocycles. The van der Waals surface area contributed by atoms with E-state index in [1.165, 1.54) is 38.5 Å². The van der Waals surface area contributed by atoms with Gasteiger partial charge in [-0.3, -0.25) is 14.4 Å². The van der Waals surface area contributed by atoms with Gasteiger partial charge in [0.1, 0.15) is 35.2 Å². The third kappa shape index (κ3) is 16.5. The van der Waals surface area contributed by atoms with E-state index in [-0.39, 0.29) is 54.5 Å². The SMILES string of the molecule is COC(=O)[C@@H]1CCC(c2ccc(O)cc2)=N1.COC(=O)[C@@H]1CCC(c2ccc(OC(c3ccccc3F)C(F)(F)F)cc2)=N1.O=S(=O)(OC(c1ccccc1F)C(F)(F)F)C(F)(F)F.[2H]CF.[H-].[Na+]. The zero-order valence-corrected chi connectivity index (χ0v) is 38.0. The molecule has 362 valence electrons. The number of alkyl halides is 10. The number of aromatic hydroxyl groups is 1. The molecule has 4 atom stereocenters. The summed E-state index contributed by atoms with van der Waals surface area (Å²) in [7, 11) is -4.87. The Hall–Kier alpha value is -5.17. The van der Waals surface area contributed by atoms with Gasteiger partial charge in [-0.1, -0.05) is 36.4 Å². The van der Waals surface area contributed by atoms with E-state index in [1.807, 2.05) is 0 Å². The molecule has 0 aliphatic carbocycles. The zero-order chi connectivity index (χ0) is 50.3.